The van der Waals surface area contributed by atoms with Crippen molar-refractivity contribution >= 4 is 32.6 Å². The highest BCUT2D eigenvalue weighted by atomic mass is 32.1. The van der Waals surface area contributed by atoms with Gasteiger partial charge < -0.3 is 10.2 Å². The van der Waals surface area contributed by atoms with Gasteiger partial charge >= 0.3 is 0 Å². The van der Waals surface area contributed by atoms with Crippen molar-refractivity contribution in [3.05, 3.63) is 59.4 Å². The van der Waals surface area contributed by atoms with Crippen LogP contribution in [0.1, 0.15) is 24.0 Å². The molecule has 28 heavy (non-hydrogen) atoms. The predicted octanol–water partition coefficient (Wildman–Crippen LogP) is 4.32. The van der Waals surface area contributed by atoms with E-state index in [1.165, 1.54) is 22.4 Å². The minimum Gasteiger partial charge on any atom is -0.355 e. The summed E-state index contributed by atoms with van der Waals surface area (Å²) in [5, 5.41) is 4.05. The van der Waals surface area contributed by atoms with E-state index in [4.69, 9.17) is 4.98 Å². The Morgan fingerprint density at radius 1 is 1.29 bits per heavy atom. The number of benzene rings is 2. The SMILES string of the molecule is Cc1ccc2nc(N3CCCC(C(=O)NCCc4ccc(F)cc4)C3)sc2c1. The number of nitrogens with one attached hydrogen (secondary N) is 1. The first kappa shape index (κ1) is 18.9. The first-order chi connectivity index (χ1) is 13.6. The number of nitrogens with zero attached hydrogens (tertiary/aromatic N) is 2. The molecule has 3 aromatic rings. The second-order valence-electron chi connectivity index (χ2n) is 7.42. The minimum atomic E-state index is -0.236. The maximum Gasteiger partial charge on any atom is 0.224 e. The summed E-state index contributed by atoms with van der Waals surface area (Å²) in [6.45, 7) is 4.31. The van der Waals surface area contributed by atoms with Gasteiger partial charge in [-0.15, -0.1) is 0 Å². The smallest absolute Gasteiger partial charge is 0.224 e. The largest absolute Gasteiger partial charge is 0.355 e. The maximum atomic E-state index is 13.0. The van der Waals surface area contributed by atoms with Crippen molar-refractivity contribution in [1.29, 1.82) is 0 Å². The van der Waals surface area contributed by atoms with Gasteiger partial charge in [0.25, 0.3) is 0 Å². The molecule has 1 atom stereocenters. The molecule has 0 spiro atoms. The van der Waals surface area contributed by atoms with E-state index in [9.17, 15) is 9.18 Å². The topological polar surface area (TPSA) is 45.2 Å². The number of thiazole rings is 1. The van der Waals surface area contributed by atoms with E-state index in [1.807, 2.05) is 0 Å². The molecule has 1 N–H and O–H groups in total. The quantitative estimate of drug-likeness (QED) is 0.697. The van der Waals surface area contributed by atoms with Crippen LogP contribution in [0, 0.1) is 18.7 Å². The van der Waals surface area contributed by atoms with Crippen LogP contribution >= 0.6 is 11.3 Å². The maximum absolute atomic E-state index is 13.0. The molecule has 4 nitrogen and oxygen atoms in total. The summed E-state index contributed by atoms with van der Waals surface area (Å²) in [6.07, 6.45) is 2.60. The van der Waals surface area contributed by atoms with E-state index >= 15 is 0 Å². The summed E-state index contributed by atoms with van der Waals surface area (Å²) >= 11 is 1.70. The highest BCUT2D eigenvalue weighted by molar-refractivity contribution is 7.22. The third-order valence-electron chi connectivity index (χ3n) is 5.22. The summed E-state index contributed by atoms with van der Waals surface area (Å²) in [7, 11) is 0. The molecular weight excluding hydrogens is 373 g/mol. The lowest BCUT2D eigenvalue weighted by Crippen LogP contribution is -2.43. The molecule has 146 valence electrons. The number of halogens is 1. The molecule has 2 aromatic carbocycles. The van der Waals surface area contributed by atoms with Crippen LogP contribution in [0.3, 0.4) is 0 Å². The van der Waals surface area contributed by atoms with Crippen LogP contribution in [0.5, 0.6) is 0 Å². The lowest BCUT2D eigenvalue weighted by Gasteiger charge is -2.31. The van der Waals surface area contributed by atoms with E-state index in [1.54, 1.807) is 23.5 Å². The number of fused-ring (bicyclic) bond motifs is 1. The fourth-order valence-electron chi connectivity index (χ4n) is 3.65. The molecule has 0 bridgehead atoms. The van der Waals surface area contributed by atoms with Gasteiger partial charge in [-0.1, -0.05) is 29.5 Å². The van der Waals surface area contributed by atoms with Crippen LogP contribution in [0.4, 0.5) is 9.52 Å². The standard InChI is InChI=1S/C22H24FN3OS/c1-15-4-9-19-20(13-15)28-22(25-19)26-12-2-3-17(14-26)21(27)24-11-10-16-5-7-18(23)8-6-16/h4-9,13,17H,2-3,10-12,14H2,1H3,(H,24,27). The second-order valence-corrected chi connectivity index (χ2v) is 8.43. The summed E-state index contributed by atoms with van der Waals surface area (Å²) in [5.74, 6) is -0.153. The Kier molecular flexibility index (Phi) is 5.57. The summed E-state index contributed by atoms with van der Waals surface area (Å²) in [4.78, 5) is 19.6. The van der Waals surface area contributed by atoms with Crippen molar-refractivity contribution < 1.29 is 9.18 Å². The Hall–Kier alpha value is -2.47. The number of hydrogen-bond donors (Lipinski definition) is 1. The molecule has 2 heterocycles. The highest BCUT2D eigenvalue weighted by Gasteiger charge is 2.27. The number of hydrogen-bond acceptors (Lipinski definition) is 4. The lowest BCUT2D eigenvalue weighted by atomic mass is 9.97. The molecule has 0 aliphatic carbocycles. The average molecular weight is 398 g/mol. The molecular formula is C22H24FN3OS. The van der Waals surface area contributed by atoms with E-state index in [2.05, 4.69) is 35.3 Å². The zero-order chi connectivity index (χ0) is 19.5. The molecule has 0 radical (unpaired) electrons. The molecule has 1 amide bonds. The molecule has 6 heteroatoms. The van der Waals surface area contributed by atoms with Crippen molar-refractivity contribution in [3.8, 4) is 0 Å². The number of carbonyl (C=O) groups is 1. The lowest BCUT2D eigenvalue weighted by molar-refractivity contribution is -0.125. The van der Waals surface area contributed by atoms with Crippen LogP contribution in [0.15, 0.2) is 42.5 Å². The van der Waals surface area contributed by atoms with Crippen LogP contribution < -0.4 is 10.2 Å². The number of carbonyl (C=O) groups excluding carboxylic acids is 1. The molecule has 1 fully saturated rings. The van der Waals surface area contributed by atoms with Crippen molar-refractivity contribution in [3.63, 3.8) is 0 Å². The van der Waals surface area contributed by atoms with Crippen LogP contribution in [0.2, 0.25) is 0 Å². The summed E-state index contributed by atoms with van der Waals surface area (Å²) in [5.41, 5.74) is 3.29. The van der Waals surface area contributed by atoms with Crippen molar-refractivity contribution in [1.82, 2.24) is 10.3 Å². The Labute approximate surface area is 168 Å². The molecule has 1 unspecified atom stereocenters. The van der Waals surface area contributed by atoms with Crippen LogP contribution in [-0.2, 0) is 11.2 Å². The van der Waals surface area contributed by atoms with Gasteiger partial charge in [0.1, 0.15) is 5.82 Å². The Morgan fingerprint density at radius 3 is 2.93 bits per heavy atom. The number of piperidine rings is 1. The van der Waals surface area contributed by atoms with Gasteiger partial charge in [-0.25, -0.2) is 9.37 Å². The summed E-state index contributed by atoms with van der Waals surface area (Å²) in [6, 6.07) is 12.7. The van der Waals surface area contributed by atoms with Gasteiger partial charge in [0.2, 0.25) is 5.91 Å². The van der Waals surface area contributed by atoms with Crippen LogP contribution in [0.25, 0.3) is 10.2 Å². The number of aromatic nitrogens is 1. The molecule has 1 aromatic heterocycles. The minimum absolute atomic E-state index is 0.0179. The predicted molar refractivity (Wildman–Crippen MR) is 112 cm³/mol. The zero-order valence-electron chi connectivity index (χ0n) is 16.0. The van der Waals surface area contributed by atoms with Gasteiger partial charge in [0, 0.05) is 19.6 Å². The number of rotatable bonds is 5. The van der Waals surface area contributed by atoms with E-state index < -0.39 is 0 Å². The number of aryl methyl sites for hydroxylation is 1. The first-order valence-electron chi connectivity index (χ1n) is 9.73. The number of amides is 1. The van der Waals surface area contributed by atoms with Gasteiger partial charge in [0.05, 0.1) is 16.1 Å². The van der Waals surface area contributed by atoms with E-state index in [0.717, 1.165) is 35.6 Å². The summed E-state index contributed by atoms with van der Waals surface area (Å²) < 4.78 is 14.2. The Morgan fingerprint density at radius 2 is 2.11 bits per heavy atom. The zero-order valence-corrected chi connectivity index (χ0v) is 16.8. The van der Waals surface area contributed by atoms with Crippen molar-refractivity contribution in [2.75, 3.05) is 24.5 Å². The molecule has 1 aliphatic rings. The molecule has 1 saturated heterocycles. The van der Waals surface area contributed by atoms with Gasteiger partial charge in [0.15, 0.2) is 5.13 Å². The average Bonchev–Trinajstić information content (AvgIpc) is 3.13. The molecule has 4 rings (SSSR count). The molecule has 0 saturated carbocycles. The Balaban J connectivity index is 1.34. The van der Waals surface area contributed by atoms with Crippen molar-refractivity contribution in [2.45, 2.75) is 26.2 Å². The highest BCUT2D eigenvalue weighted by Crippen LogP contribution is 2.32. The fourth-order valence-corrected chi connectivity index (χ4v) is 4.74. The molecule has 1 aliphatic heterocycles. The van der Waals surface area contributed by atoms with E-state index in [-0.39, 0.29) is 17.6 Å². The second kappa shape index (κ2) is 8.27. The first-order valence-corrected chi connectivity index (χ1v) is 10.5. The van der Waals surface area contributed by atoms with Crippen molar-refractivity contribution in [2.24, 2.45) is 5.92 Å². The Bertz CT molecular complexity index is 970. The third kappa shape index (κ3) is 4.33. The van der Waals surface area contributed by atoms with Gasteiger partial charge in [-0.3, -0.25) is 4.79 Å². The normalized spacial score (nSPS) is 17.1. The third-order valence-corrected chi connectivity index (χ3v) is 6.30. The monoisotopic (exact) mass is 397 g/mol. The van der Waals surface area contributed by atoms with Gasteiger partial charge in [-0.05, 0) is 61.6 Å². The number of anilines is 1. The van der Waals surface area contributed by atoms with E-state index in [0.29, 0.717) is 19.5 Å². The van der Waals surface area contributed by atoms with Gasteiger partial charge in [-0.2, -0.15) is 0 Å². The van der Waals surface area contributed by atoms with Crippen LogP contribution in [-0.4, -0.2) is 30.5 Å². The fraction of sp³-hybridized carbons (Fsp3) is 0.364.